The van der Waals surface area contributed by atoms with E-state index in [9.17, 15) is 4.79 Å². The van der Waals surface area contributed by atoms with E-state index in [-0.39, 0.29) is 23.1 Å². The van der Waals surface area contributed by atoms with Gasteiger partial charge in [0.25, 0.3) is 5.56 Å². The predicted molar refractivity (Wildman–Crippen MR) is 164 cm³/mol. The van der Waals surface area contributed by atoms with Crippen LogP contribution in [0.1, 0.15) is 43.4 Å². The molecule has 0 aliphatic carbocycles. The average molecular weight is 623 g/mol. The Morgan fingerprint density at radius 2 is 1.95 bits per heavy atom. The third kappa shape index (κ3) is 5.72. The summed E-state index contributed by atoms with van der Waals surface area (Å²) in [5.41, 5.74) is 3.53. The van der Waals surface area contributed by atoms with Gasteiger partial charge in [-0.25, -0.2) is 4.98 Å². The van der Waals surface area contributed by atoms with Gasteiger partial charge in [0.2, 0.25) is 0 Å². The normalized spacial score (nSPS) is 11.3. The number of benzene rings is 3. The van der Waals surface area contributed by atoms with Crippen molar-refractivity contribution in [2.45, 2.75) is 33.6 Å². The Hall–Kier alpha value is -3.80. The summed E-state index contributed by atoms with van der Waals surface area (Å²) in [6.07, 6.45) is 6.86. The molecule has 0 saturated heterocycles. The molecule has 0 saturated carbocycles. The minimum absolute atomic E-state index is 0.0251. The van der Waals surface area contributed by atoms with Crippen molar-refractivity contribution in [1.82, 2.24) is 9.66 Å². The first kappa shape index (κ1) is 29.2. The molecule has 0 unspecified atom stereocenters. The Bertz CT molecular complexity index is 1710. The van der Waals surface area contributed by atoms with Crippen molar-refractivity contribution < 1.29 is 14.2 Å². The fraction of sp³-hybridized carbons (Fsp3) is 0.258. The second-order valence-corrected chi connectivity index (χ2v) is 10.4. The van der Waals surface area contributed by atoms with E-state index in [0.717, 1.165) is 22.4 Å². The van der Waals surface area contributed by atoms with Crippen molar-refractivity contribution in [3.8, 4) is 41.0 Å². The minimum atomic E-state index is -0.306. The van der Waals surface area contributed by atoms with Crippen LogP contribution in [0.25, 0.3) is 22.3 Å². The summed E-state index contributed by atoms with van der Waals surface area (Å²) in [7, 11) is 1.50. The van der Waals surface area contributed by atoms with Gasteiger partial charge in [0, 0.05) is 15.6 Å². The molecule has 0 spiro atoms. The summed E-state index contributed by atoms with van der Waals surface area (Å²) in [5.74, 6) is 4.50. The molecule has 0 fully saturated rings. The Morgan fingerprint density at radius 1 is 1.20 bits per heavy atom. The number of terminal acetylenes is 1. The fourth-order valence-corrected chi connectivity index (χ4v) is 4.95. The minimum Gasteiger partial charge on any atom is -0.494 e. The first-order valence-electron chi connectivity index (χ1n) is 12.7. The molecule has 0 aliphatic rings. The van der Waals surface area contributed by atoms with E-state index >= 15 is 0 Å². The number of hydrogen-bond donors (Lipinski definition) is 0. The quantitative estimate of drug-likeness (QED) is 0.146. The molecule has 0 bridgehead atoms. The predicted octanol–water partition coefficient (Wildman–Crippen LogP) is 7.21. The summed E-state index contributed by atoms with van der Waals surface area (Å²) in [6.45, 7) is 8.70. The number of para-hydroxylation sites is 1. The molecule has 0 atom stereocenters. The number of methoxy groups -OCH3 is 1. The van der Waals surface area contributed by atoms with Gasteiger partial charge in [0.15, 0.2) is 17.3 Å². The van der Waals surface area contributed by atoms with Crippen molar-refractivity contribution in [3.63, 3.8) is 0 Å². The lowest BCUT2D eigenvalue weighted by molar-refractivity contribution is 0.331. The lowest BCUT2D eigenvalue weighted by atomic mass is 9.96. The SMILES string of the molecule is C#CCOc1c(OC)cc(C=Nn2c(-c3cc(C(C)C)c(OCC)cc3C)nc3ccccc3c2=O)c(Br)c1Cl. The zero-order valence-electron chi connectivity index (χ0n) is 22.9. The average Bonchev–Trinajstić information content (AvgIpc) is 2.94. The number of aromatic nitrogens is 2. The van der Waals surface area contributed by atoms with E-state index in [0.29, 0.717) is 44.9 Å². The Labute approximate surface area is 246 Å². The van der Waals surface area contributed by atoms with E-state index in [1.165, 1.54) is 18.0 Å². The Morgan fingerprint density at radius 3 is 2.62 bits per heavy atom. The van der Waals surface area contributed by atoms with Crippen LogP contribution in [-0.4, -0.2) is 36.2 Å². The smallest absolute Gasteiger partial charge is 0.282 e. The van der Waals surface area contributed by atoms with Crippen molar-refractivity contribution in [1.29, 1.82) is 0 Å². The largest absolute Gasteiger partial charge is 0.494 e. The molecule has 4 aromatic rings. The molecule has 206 valence electrons. The summed E-state index contributed by atoms with van der Waals surface area (Å²) < 4.78 is 18.8. The van der Waals surface area contributed by atoms with Gasteiger partial charge in [-0.1, -0.05) is 43.5 Å². The summed E-state index contributed by atoms with van der Waals surface area (Å²) in [4.78, 5) is 18.7. The van der Waals surface area contributed by atoms with Gasteiger partial charge in [-0.05, 0) is 77.2 Å². The van der Waals surface area contributed by atoms with Gasteiger partial charge in [0.05, 0.1) is 30.8 Å². The third-order valence-corrected chi connectivity index (χ3v) is 7.70. The standard InChI is InChI=1S/C31H29BrClN3O4/c1-7-13-40-29-26(38-6)15-20(27(32)28(29)33)17-34-36-30(35-24-12-10-9-11-21(24)31(36)37)23-16-22(18(3)4)25(39-8-2)14-19(23)5/h1,9-12,14-18H,8,13H2,2-6H3. The molecule has 0 radical (unpaired) electrons. The monoisotopic (exact) mass is 621 g/mol. The highest BCUT2D eigenvalue weighted by Crippen LogP contribution is 2.42. The molecule has 3 aromatic carbocycles. The molecule has 0 amide bonds. The number of nitrogens with zero attached hydrogens (tertiary/aromatic N) is 3. The maximum Gasteiger partial charge on any atom is 0.282 e. The zero-order valence-corrected chi connectivity index (χ0v) is 25.3. The van der Waals surface area contributed by atoms with Crippen molar-refractivity contribution in [2.75, 3.05) is 20.3 Å². The van der Waals surface area contributed by atoms with Gasteiger partial charge >= 0.3 is 0 Å². The van der Waals surface area contributed by atoms with Gasteiger partial charge in [-0.15, -0.1) is 6.42 Å². The van der Waals surface area contributed by atoms with E-state index < -0.39 is 0 Å². The van der Waals surface area contributed by atoms with Gasteiger partial charge in [-0.3, -0.25) is 4.79 Å². The topological polar surface area (TPSA) is 74.9 Å². The highest BCUT2D eigenvalue weighted by Gasteiger charge is 2.20. The van der Waals surface area contributed by atoms with Crippen LogP contribution in [-0.2, 0) is 0 Å². The first-order chi connectivity index (χ1) is 19.2. The number of hydrogen-bond acceptors (Lipinski definition) is 6. The van der Waals surface area contributed by atoms with Crippen LogP contribution in [0.5, 0.6) is 17.2 Å². The van der Waals surface area contributed by atoms with Crippen LogP contribution in [0.4, 0.5) is 0 Å². The molecular formula is C31H29BrClN3O4. The number of ether oxygens (including phenoxy) is 3. The number of fused-ring (bicyclic) bond motifs is 1. The van der Waals surface area contributed by atoms with Crippen molar-refractivity contribution in [3.05, 3.63) is 79.0 Å². The lowest BCUT2D eigenvalue weighted by Crippen LogP contribution is -2.21. The third-order valence-electron chi connectivity index (χ3n) is 6.26. The van der Waals surface area contributed by atoms with Crippen LogP contribution in [0, 0.1) is 19.3 Å². The number of halogens is 2. The van der Waals surface area contributed by atoms with Crippen LogP contribution >= 0.6 is 27.5 Å². The molecule has 1 aromatic heterocycles. The van der Waals surface area contributed by atoms with Gasteiger partial charge in [0.1, 0.15) is 17.4 Å². The molecule has 4 rings (SSSR count). The van der Waals surface area contributed by atoms with Gasteiger partial charge < -0.3 is 14.2 Å². The van der Waals surface area contributed by atoms with E-state index in [4.69, 9.17) is 37.2 Å². The molecule has 1 heterocycles. The second kappa shape index (κ2) is 12.6. The van der Waals surface area contributed by atoms with Crippen LogP contribution in [0.3, 0.4) is 0 Å². The van der Waals surface area contributed by atoms with Crippen LogP contribution in [0.15, 0.2) is 56.8 Å². The molecule has 0 aliphatic heterocycles. The molecule has 0 N–H and O–H groups in total. The summed E-state index contributed by atoms with van der Waals surface area (Å²) >= 11 is 10.1. The zero-order chi connectivity index (χ0) is 29.0. The van der Waals surface area contributed by atoms with E-state index in [1.807, 2.05) is 38.1 Å². The van der Waals surface area contributed by atoms with E-state index in [1.54, 1.807) is 18.2 Å². The fourth-order valence-electron chi connectivity index (χ4n) is 4.29. The number of rotatable bonds is 9. The molecule has 9 heteroatoms. The van der Waals surface area contributed by atoms with Crippen LogP contribution in [0.2, 0.25) is 5.02 Å². The van der Waals surface area contributed by atoms with Crippen LogP contribution < -0.4 is 19.8 Å². The summed E-state index contributed by atoms with van der Waals surface area (Å²) in [6, 6.07) is 12.9. The summed E-state index contributed by atoms with van der Waals surface area (Å²) in [5, 5.41) is 5.33. The highest BCUT2D eigenvalue weighted by atomic mass is 79.9. The molecule has 7 nitrogen and oxygen atoms in total. The molecule has 40 heavy (non-hydrogen) atoms. The Kier molecular flexibility index (Phi) is 9.18. The van der Waals surface area contributed by atoms with Crippen molar-refractivity contribution >= 4 is 44.6 Å². The maximum atomic E-state index is 13.8. The van der Waals surface area contributed by atoms with Crippen molar-refractivity contribution in [2.24, 2.45) is 5.10 Å². The molecular weight excluding hydrogens is 594 g/mol. The first-order valence-corrected chi connectivity index (χ1v) is 13.8. The lowest BCUT2D eigenvalue weighted by Gasteiger charge is -2.18. The highest BCUT2D eigenvalue weighted by molar-refractivity contribution is 9.10. The van der Waals surface area contributed by atoms with Gasteiger partial charge in [-0.2, -0.15) is 9.78 Å². The Balaban J connectivity index is 1.96. The van der Waals surface area contributed by atoms with E-state index in [2.05, 4.69) is 40.8 Å². The second-order valence-electron chi connectivity index (χ2n) is 9.22. The number of aryl methyl sites for hydroxylation is 1. The maximum absolute atomic E-state index is 13.8.